The van der Waals surface area contributed by atoms with Gasteiger partial charge in [-0.1, -0.05) is 12.1 Å². The van der Waals surface area contributed by atoms with Crippen molar-refractivity contribution in [2.45, 2.75) is 5.75 Å². The van der Waals surface area contributed by atoms with Crippen molar-refractivity contribution in [2.75, 3.05) is 7.05 Å². The monoisotopic (exact) mass is 202 g/mol. The molecule has 3 nitrogen and oxygen atoms in total. The molecule has 0 aliphatic heterocycles. The zero-order valence-corrected chi connectivity index (χ0v) is 7.88. The predicted molar refractivity (Wildman–Crippen MR) is 47.1 cm³/mol. The Kier molecular flexibility index (Phi) is 3.00. The lowest BCUT2D eigenvalue weighted by atomic mass is 10.2. The SMILES string of the molecule is C[N]S(=O)(=O)Cc1cccc(F)c1. The van der Waals surface area contributed by atoms with Crippen LogP contribution in [0.15, 0.2) is 24.3 Å². The fourth-order valence-electron chi connectivity index (χ4n) is 0.902. The van der Waals surface area contributed by atoms with Crippen molar-refractivity contribution >= 4 is 10.0 Å². The lowest BCUT2D eigenvalue weighted by Gasteiger charge is -2.00. The van der Waals surface area contributed by atoms with Gasteiger partial charge in [-0.05, 0) is 17.7 Å². The molecule has 1 rings (SSSR count). The summed E-state index contributed by atoms with van der Waals surface area (Å²) < 4.78 is 37.8. The van der Waals surface area contributed by atoms with E-state index < -0.39 is 15.8 Å². The molecule has 1 radical (unpaired) electrons. The molecular formula is C8H9FNO2S. The van der Waals surface area contributed by atoms with E-state index in [1.54, 1.807) is 6.07 Å². The van der Waals surface area contributed by atoms with Crippen LogP contribution in [0.1, 0.15) is 5.56 Å². The summed E-state index contributed by atoms with van der Waals surface area (Å²) in [4.78, 5) is 0. The van der Waals surface area contributed by atoms with Gasteiger partial charge in [-0.25, -0.2) is 12.8 Å². The number of hydrogen-bond acceptors (Lipinski definition) is 2. The van der Waals surface area contributed by atoms with E-state index in [0.717, 1.165) is 0 Å². The number of sulfonamides is 1. The number of benzene rings is 1. The fourth-order valence-corrected chi connectivity index (χ4v) is 1.63. The highest BCUT2D eigenvalue weighted by molar-refractivity contribution is 7.88. The summed E-state index contributed by atoms with van der Waals surface area (Å²) in [5.74, 6) is -0.690. The van der Waals surface area contributed by atoms with Gasteiger partial charge in [0.15, 0.2) is 0 Å². The summed E-state index contributed by atoms with van der Waals surface area (Å²) >= 11 is 0. The third-order valence-electron chi connectivity index (χ3n) is 1.52. The van der Waals surface area contributed by atoms with Crippen LogP contribution in [0.5, 0.6) is 0 Å². The van der Waals surface area contributed by atoms with Crippen molar-refractivity contribution in [1.29, 1.82) is 0 Å². The molecule has 0 aliphatic rings. The molecule has 0 aromatic heterocycles. The Bertz CT molecular complexity index is 389. The Morgan fingerprint density at radius 1 is 1.46 bits per heavy atom. The third-order valence-corrected chi connectivity index (χ3v) is 2.77. The summed E-state index contributed by atoms with van der Waals surface area (Å²) in [5, 5.41) is 0. The quantitative estimate of drug-likeness (QED) is 0.730. The van der Waals surface area contributed by atoms with E-state index in [2.05, 4.69) is 4.72 Å². The molecule has 0 spiro atoms. The molecule has 0 atom stereocenters. The summed E-state index contributed by atoms with van der Waals surface area (Å²) in [5.41, 5.74) is 0.408. The van der Waals surface area contributed by atoms with Crippen LogP contribution in [-0.2, 0) is 15.8 Å². The molecule has 1 aromatic carbocycles. The van der Waals surface area contributed by atoms with Crippen LogP contribution in [0.3, 0.4) is 0 Å². The number of hydrogen-bond donors (Lipinski definition) is 0. The second-order valence-corrected chi connectivity index (χ2v) is 4.36. The first-order chi connectivity index (χ1) is 6.03. The highest BCUT2D eigenvalue weighted by atomic mass is 32.2. The van der Waals surface area contributed by atoms with Gasteiger partial charge in [0.2, 0.25) is 10.0 Å². The maximum atomic E-state index is 12.6. The minimum Gasteiger partial charge on any atom is -0.211 e. The maximum Gasteiger partial charge on any atom is 0.231 e. The van der Waals surface area contributed by atoms with Gasteiger partial charge in [0.05, 0.1) is 5.75 Å². The molecule has 0 N–H and O–H groups in total. The molecule has 0 unspecified atom stereocenters. The van der Waals surface area contributed by atoms with Crippen molar-refractivity contribution in [2.24, 2.45) is 0 Å². The summed E-state index contributed by atoms with van der Waals surface area (Å²) in [6.07, 6.45) is 0. The Morgan fingerprint density at radius 2 is 2.15 bits per heavy atom. The van der Waals surface area contributed by atoms with Crippen molar-refractivity contribution in [1.82, 2.24) is 4.72 Å². The van der Waals surface area contributed by atoms with Crippen LogP contribution in [0.4, 0.5) is 4.39 Å². The van der Waals surface area contributed by atoms with Gasteiger partial charge < -0.3 is 0 Å². The van der Waals surface area contributed by atoms with E-state index in [0.29, 0.717) is 5.56 Å². The summed E-state index contributed by atoms with van der Waals surface area (Å²) in [7, 11) is -2.23. The minimum atomic E-state index is -3.43. The van der Waals surface area contributed by atoms with Gasteiger partial charge in [-0.3, -0.25) is 0 Å². The lowest BCUT2D eigenvalue weighted by Crippen LogP contribution is -2.13. The first-order valence-corrected chi connectivity index (χ1v) is 5.22. The normalized spacial score (nSPS) is 11.5. The Balaban J connectivity index is 2.87. The molecule has 0 heterocycles. The maximum absolute atomic E-state index is 12.6. The van der Waals surface area contributed by atoms with Crippen LogP contribution in [0.2, 0.25) is 0 Å². The average molecular weight is 202 g/mol. The van der Waals surface area contributed by atoms with Crippen molar-refractivity contribution < 1.29 is 12.8 Å². The second-order valence-electron chi connectivity index (χ2n) is 2.54. The Morgan fingerprint density at radius 3 is 2.69 bits per heavy atom. The van der Waals surface area contributed by atoms with E-state index in [1.165, 1.54) is 25.2 Å². The van der Waals surface area contributed by atoms with Crippen LogP contribution in [0.25, 0.3) is 0 Å². The molecule has 71 valence electrons. The van der Waals surface area contributed by atoms with E-state index in [4.69, 9.17) is 0 Å². The van der Waals surface area contributed by atoms with Gasteiger partial charge in [-0.15, -0.1) is 4.72 Å². The van der Waals surface area contributed by atoms with Gasteiger partial charge in [0.25, 0.3) is 0 Å². The fraction of sp³-hybridized carbons (Fsp3) is 0.250. The molecule has 0 saturated heterocycles. The standard InChI is InChI=1S/C8H9FNO2S/c1-10-13(11,12)6-7-3-2-4-8(9)5-7/h2-5H,6H2,1H3. The van der Waals surface area contributed by atoms with Crippen molar-refractivity contribution in [3.8, 4) is 0 Å². The van der Waals surface area contributed by atoms with Gasteiger partial charge in [0.1, 0.15) is 5.82 Å². The largest absolute Gasteiger partial charge is 0.231 e. The van der Waals surface area contributed by atoms with Crippen LogP contribution >= 0.6 is 0 Å². The number of halogens is 1. The molecule has 0 aliphatic carbocycles. The Hall–Kier alpha value is -0.940. The summed E-state index contributed by atoms with van der Waals surface area (Å²) in [6, 6.07) is 5.46. The van der Waals surface area contributed by atoms with Crippen LogP contribution in [0, 0.1) is 5.82 Å². The van der Waals surface area contributed by atoms with Crippen LogP contribution < -0.4 is 4.72 Å². The molecular weight excluding hydrogens is 193 g/mol. The molecule has 5 heteroatoms. The van der Waals surface area contributed by atoms with E-state index in [9.17, 15) is 12.8 Å². The van der Waals surface area contributed by atoms with E-state index >= 15 is 0 Å². The molecule has 13 heavy (non-hydrogen) atoms. The smallest absolute Gasteiger partial charge is 0.211 e. The van der Waals surface area contributed by atoms with Crippen molar-refractivity contribution in [3.05, 3.63) is 35.6 Å². The summed E-state index contributed by atoms with van der Waals surface area (Å²) in [6.45, 7) is 0. The first kappa shape index (κ1) is 10.1. The molecule has 0 amide bonds. The lowest BCUT2D eigenvalue weighted by molar-refractivity contribution is 0.586. The topological polar surface area (TPSA) is 48.2 Å². The highest BCUT2D eigenvalue weighted by Crippen LogP contribution is 2.07. The van der Waals surface area contributed by atoms with Gasteiger partial charge in [-0.2, -0.15) is 0 Å². The predicted octanol–water partition coefficient (Wildman–Crippen LogP) is 0.890. The van der Waals surface area contributed by atoms with Crippen LogP contribution in [-0.4, -0.2) is 15.5 Å². The van der Waals surface area contributed by atoms with Crippen molar-refractivity contribution in [3.63, 3.8) is 0 Å². The average Bonchev–Trinajstić information content (AvgIpc) is 2.03. The molecule has 1 aromatic rings. The van der Waals surface area contributed by atoms with E-state index in [1.807, 2.05) is 0 Å². The number of rotatable bonds is 3. The minimum absolute atomic E-state index is 0.249. The van der Waals surface area contributed by atoms with Gasteiger partial charge in [0, 0.05) is 7.05 Å². The molecule has 0 saturated carbocycles. The molecule has 0 bridgehead atoms. The highest BCUT2D eigenvalue weighted by Gasteiger charge is 2.09. The Labute approximate surface area is 76.6 Å². The zero-order chi connectivity index (χ0) is 9.90. The van der Waals surface area contributed by atoms with Gasteiger partial charge >= 0.3 is 0 Å². The number of nitrogens with zero attached hydrogens (tertiary/aromatic N) is 1. The molecule has 0 fully saturated rings. The zero-order valence-electron chi connectivity index (χ0n) is 7.07. The second kappa shape index (κ2) is 3.85. The first-order valence-electron chi connectivity index (χ1n) is 3.62. The van der Waals surface area contributed by atoms with E-state index in [-0.39, 0.29) is 5.75 Å². The third kappa shape index (κ3) is 3.12.